The van der Waals surface area contributed by atoms with E-state index in [9.17, 15) is 8.42 Å². The second kappa shape index (κ2) is 5.94. The molecule has 0 saturated heterocycles. The Balaban J connectivity index is 1.76. The summed E-state index contributed by atoms with van der Waals surface area (Å²) in [5, 5.41) is 0.458. The fourth-order valence-electron chi connectivity index (χ4n) is 2.56. The third kappa shape index (κ3) is 3.45. The summed E-state index contributed by atoms with van der Waals surface area (Å²) >= 11 is 1.42. The normalized spacial score (nSPS) is 17.0. The molecule has 0 amide bonds. The molecule has 1 N–H and O–H groups in total. The maximum absolute atomic E-state index is 11.3. The summed E-state index contributed by atoms with van der Waals surface area (Å²) in [6.07, 6.45) is 3.78. The lowest BCUT2D eigenvalue weighted by Crippen LogP contribution is -2.32. The predicted octanol–water partition coefficient (Wildman–Crippen LogP) is 2.03. The maximum Gasteiger partial charge on any atom is 0.231 e. The quantitative estimate of drug-likeness (QED) is 0.923. The van der Waals surface area contributed by atoms with Crippen LogP contribution < -0.4 is 4.72 Å². The number of pyridine rings is 1. The highest BCUT2D eigenvalue weighted by Gasteiger charge is 2.25. The molecule has 0 spiro atoms. The highest BCUT2D eigenvalue weighted by Crippen LogP contribution is 2.32. The van der Waals surface area contributed by atoms with E-state index in [1.165, 1.54) is 11.3 Å². The highest BCUT2D eigenvalue weighted by molar-refractivity contribution is 7.92. The molecular formula is C14H18N4O2S2. The van der Waals surface area contributed by atoms with E-state index >= 15 is 0 Å². The lowest BCUT2D eigenvalue weighted by atomic mass is 10.1. The van der Waals surface area contributed by atoms with E-state index in [2.05, 4.69) is 26.5 Å². The van der Waals surface area contributed by atoms with E-state index in [0.717, 1.165) is 42.0 Å². The molecule has 0 aromatic carbocycles. The Morgan fingerprint density at radius 3 is 2.91 bits per heavy atom. The molecule has 2 aromatic heterocycles. The number of nitrogens with zero attached hydrogens (tertiary/aromatic N) is 3. The number of rotatable bonds is 4. The van der Waals surface area contributed by atoms with Crippen LogP contribution in [0.15, 0.2) is 24.4 Å². The number of anilines is 1. The largest absolute Gasteiger partial charge is 0.290 e. The summed E-state index contributed by atoms with van der Waals surface area (Å²) in [6.45, 7) is 3.81. The first-order chi connectivity index (χ1) is 10.4. The van der Waals surface area contributed by atoms with Gasteiger partial charge >= 0.3 is 0 Å². The smallest absolute Gasteiger partial charge is 0.231 e. The van der Waals surface area contributed by atoms with Crippen LogP contribution in [0, 0.1) is 0 Å². The van der Waals surface area contributed by atoms with Crippen molar-refractivity contribution in [2.24, 2.45) is 0 Å². The van der Waals surface area contributed by atoms with E-state index in [1.807, 2.05) is 24.4 Å². The van der Waals surface area contributed by atoms with Crippen molar-refractivity contribution < 1.29 is 8.42 Å². The Hall–Kier alpha value is -1.51. The fraction of sp³-hybridized carbons (Fsp3) is 0.429. The van der Waals surface area contributed by atoms with Crippen molar-refractivity contribution in [3.8, 4) is 0 Å². The second-order valence-electron chi connectivity index (χ2n) is 5.41. The number of fused-ring (bicyclic) bond motifs is 1. The van der Waals surface area contributed by atoms with E-state index in [-0.39, 0.29) is 6.04 Å². The van der Waals surface area contributed by atoms with Gasteiger partial charge in [0.2, 0.25) is 10.0 Å². The first kappa shape index (κ1) is 15.4. The number of nitrogens with one attached hydrogen (secondary N) is 1. The molecule has 0 radical (unpaired) electrons. The fourth-order valence-corrected chi connectivity index (χ4v) is 4.43. The zero-order valence-corrected chi connectivity index (χ0v) is 14.1. The van der Waals surface area contributed by atoms with Crippen LogP contribution in [0.1, 0.15) is 29.2 Å². The Labute approximate surface area is 134 Å². The number of hydrogen-bond acceptors (Lipinski definition) is 6. The lowest BCUT2D eigenvalue weighted by Gasteiger charge is -2.31. The topological polar surface area (TPSA) is 75.2 Å². The number of aromatic nitrogens is 2. The van der Waals surface area contributed by atoms with E-state index < -0.39 is 10.0 Å². The molecule has 0 bridgehead atoms. The van der Waals surface area contributed by atoms with Crippen LogP contribution in [0.4, 0.5) is 5.13 Å². The van der Waals surface area contributed by atoms with Gasteiger partial charge in [0.05, 0.1) is 17.6 Å². The molecule has 1 aliphatic rings. The summed E-state index contributed by atoms with van der Waals surface area (Å²) in [6, 6.07) is 6.16. The van der Waals surface area contributed by atoms with Crippen LogP contribution in [-0.2, 0) is 23.0 Å². The summed E-state index contributed by atoms with van der Waals surface area (Å²) in [4.78, 5) is 12.3. The van der Waals surface area contributed by atoms with E-state index in [4.69, 9.17) is 0 Å². The van der Waals surface area contributed by atoms with Gasteiger partial charge in [0, 0.05) is 36.6 Å². The van der Waals surface area contributed by atoms with Gasteiger partial charge < -0.3 is 0 Å². The van der Waals surface area contributed by atoms with Gasteiger partial charge in [-0.25, -0.2) is 13.4 Å². The van der Waals surface area contributed by atoms with Crippen LogP contribution in [0.25, 0.3) is 0 Å². The molecule has 8 heteroatoms. The molecule has 6 nitrogen and oxygen atoms in total. The van der Waals surface area contributed by atoms with Crippen LogP contribution in [-0.4, -0.2) is 36.1 Å². The average Bonchev–Trinajstić information content (AvgIpc) is 2.86. The molecule has 1 atom stereocenters. The van der Waals surface area contributed by atoms with Crippen molar-refractivity contribution in [1.29, 1.82) is 0 Å². The molecule has 22 heavy (non-hydrogen) atoms. The first-order valence-electron chi connectivity index (χ1n) is 7.04. The molecule has 3 rings (SSSR count). The number of hydrogen-bond donors (Lipinski definition) is 1. The van der Waals surface area contributed by atoms with Gasteiger partial charge in [0.25, 0.3) is 0 Å². The predicted molar refractivity (Wildman–Crippen MR) is 87.3 cm³/mol. The zero-order valence-electron chi connectivity index (χ0n) is 12.5. The summed E-state index contributed by atoms with van der Waals surface area (Å²) in [7, 11) is -3.28. The monoisotopic (exact) mass is 338 g/mol. The van der Waals surface area contributed by atoms with Crippen LogP contribution in [0.2, 0.25) is 0 Å². The zero-order chi connectivity index (χ0) is 15.7. The first-order valence-corrected chi connectivity index (χ1v) is 9.74. The molecular weight excluding hydrogens is 320 g/mol. The van der Waals surface area contributed by atoms with Gasteiger partial charge in [-0.15, -0.1) is 0 Å². The Morgan fingerprint density at radius 1 is 1.41 bits per heavy atom. The average molecular weight is 338 g/mol. The van der Waals surface area contributed by atoms with Crippen molar-refractivity contribution in [1.82, 2.24) is 14.9 Å². The third-order valence-electron chi connectivity index (χ3n) is 3.70. The summed E-state index contributed by atoms with van der Waals surface area (Å²) < 4.78 is 25.1. The van der Waals surface area contributed by atoms with Crippen molar-refractivity contribution in [2.75, 3.05) is 17.5 Å². The van der Waals surface area contributed by atoms with Gasteiger partial charge in [-0.2, -0.15) is 0 Å². The maximum atomic E-state index is 11.3. The SMILES string of the molecule is CC(c1ccccn1)N1CCc2nc(NS(C)(=O)=O)sc2C1. The van der Waals surface area contributed by atoms with Gasteiger partial charge in [-0.05, 0) is 19.1 Å². The Morgan fingerprint density at radius 2 is 2.23 bits per heavy atom. The van der Waals surface area contributed by atoms with E-state index in [1.54, 1.807) is 0 Å². The van der Waals surface area contributed by atoms with Gasteiger partial charge in [0.1, 0.15) is 0 Å². The molecule has 1 aliphatic heterocycles. The minimum atomic E-state index is -3.28. The molecule has 0 saturated carbocycles. The van der Waals surface area contributed by atoms with Crippen LogP contribution in [0.3, 0.4) is 0 Å². The number of sulfonamides is 1. The minimum absolute atomic E-state index is 0.225. The van der Waals surface area contributed by atoms with Crippen molar-refractivity contribution in [3.05, 3.63) is 40.7 Å². The van der Waals surface area contributed by atoms with Crippen LogP contribution >= 0.6 is 11.3 Å². The van der Waals surface area contributed by atoms with Gasteiger partial charge in [0.15, 0.2) is 5.13 Å². The van der Waals surface area contributed by atoms with Crippen LogP contribution in [0.5, 0.6) is 0 Å². The lowest BCUT2D eigenvalue weighted by molar-refractivity contribution is 0.190. The van der Waals surface area contributed by atoms with Crippen molar-refractivity contribution >= 4 is 26.5 Å². The van der Waals surface area contributed by atoms with Gasteiger partial charge in [-0.3, -0.25) is 14.6 Å². The molecule has 3 heterocycles. The van der Waals surface area contributed by atoms with Crippen molar-refractivity contribution in [3.63, 3.8) is 0 Å². The third-order valence-corrected chi connectivity index (χ3v) is 5.39. The molecule has 2 aromatic rings. The molecule has 1 unspecified atom stereocenters. The van der Waals surface area contributed by atoms with E-state index in [0.29, 0.717) is 5.13 Å². The molecule has 0 aliphatic carbocycles. The Bertz CT molecular complexity index is 758. The molecule has 118 valence electrons. The minimum Gasteiger partial charge on any atom is -0.290 e. The summed E-state index contributed by atoms with van der Waals surface area (Å²) in [5.74, 6) is 0. The van der Waals surface area contributed by atoms with Crippen molar-refractivity contribution in [2.45, 2.75) is 25.9 Å². The Kier molecular flexibility index (Phi) is 4.16. The highest BCUT2D eigenvalue weighted by atomic mass is 32.2. The standard InChI is InChI=1S/C14H18N4O2S2/c1-10(11-5-3-4-7-15-11)18-8-6-12-13(9-18)21-14(16-12)17-22(2,19)20/h3-5,7,10H,6,8-9H2,1-2H3,(H,16,17). The second-order valence-corrected chi connectivity index (χ2v) is 8.25. The number of thiazole rings is 1. The molecule has 0 fully saturated rings. The summed E-state index contributed by atoms with van der Waals surface area (Å²) in [5.41, 5.74) is 2.05. The van der Waals surface area contributed by atoms with Gasteiger partial charge in [-0.1, -0.05) is 17.4 Å².